The third-order valence-electron chi connectivity index (χ3n) is 12.1. The van der Waals surface area contributed by atoms with Crippen LogP contribution in [0.15, 0.2) is 127 Å². The summed E-state index contributed by atoms with van der Waals surface area (Å²) in [5, 5.41) is 12.6. The third kappa shape index (κ3) is 9.37. The summed E-state index contributed by atoms with van der Waals surface area (Å²) in [5.41, 5.74) is 6.07. The molecule has 0 aliphatic rings. The van der Waals surface area contributed by atoms with Crippen molar-refractivity contribution in [3.63, 3.8) is 0 Å². The molecule has 342 valence electrons. The molecule has 66 heavy (non-hydrogen) atoms. The van der Waals surface area contributed by atoms with E-state index in [0.717, 1.165) is 27.8 Å². The number of benzene rings is 6. The number of hydrogen-bond donors (Lipinski definition) is 1. The number of hydrogen-bond acceptors (Lipinski definition) is 3. The van der Waals surface area contributed by atoms with Gasteiger partial charge in [-0.05, 0) is 110 Å². The van der Waals surface area contributed by atoms with Crippen LogP contribution in [0.2, 0.25) is 0 Å². The molecule has 8 aromatic rings. The normalized spacial score (nSPS) is 15.2. The van der Waals surface area contributed by atoms with E-state index in [0.29, 0.717) is 44.5 Å². The van der Waals surface area contributed by atoms with E-state index in [1.807, 2.05) is 116 Å². The number of para-hydroxylation sites is 1. The van der Waals surface area contributed by atoms with Gasteiger partial charge in [0.15, 0.2) is 0 Å². The Kier molecular flexibility index (Phi) is 9.60. The van der Waals surface area contributed by atoms with Gasteiger partial charge in [-0.2, -0.15) is 0 Å². The van der Waals surface area contributed by atoms with Gasteiger partial charge in [0, 0.05) is 44.0 Å². The number of aromatic nitrogens is 3. The minimum absolute atomic E-state index is 0. The van der Waals surface area contributed by atoms with Crippen molar-refractivity contribution in [2.75, 3.05) is 0 Å². The van der Waals surface area contributed by atoms with E-state index in [2.05, 4.69) is 45.7 Å². The van der Waals surface area contributed by atoms with Crippen molar-refractivity contribution >= 4 is 11.0 Å². The number of imidazole rings is 1. The number of aryl methyl sites for hydroxylation is 1. The molecule has 0 radical (unpaired) electrons. The monoisotopic (exact) mass is 1060 g/mol. The molecule has 1 N–H and O–H groups in total. The first-order valence-electron chi connectivity index (χ1n) is 28.3. The van der Waals surface area contributed by atoms with Crippen molar-refractivity contribution < 1.29 is 42.6 Å². The van der Waals surface area contributed by atoms with Crippen LogP contribution in [0.4, 0.5) is 0 Å². The Labute approximate surface area is 425 Å². The zero-order chi connectivity index (χ0) is 57.1. The van der Waals surface area contributed by atoms with Gasteiger partial charge in [0.2, 0.25) is 0 Å². The van der Waals surface area contributed by atoms with Crippen LogP contribution in [-0.2, 0) is 37.3 Å². The van der Waals surface area contributed by atoms with E-state index in [4.69, 9.17) is 14.6 Å². The fourth-order valence-electron chi connectivity index (χ4n) is 8.45. The Hall–Kier alpha value is -5.57. The van der Waals surface area contributed by atoms with Crippen LogP contribution >= 0.6 is 0 Å². The van der Waals surface area contributed by atoms with Crippen LogP contribution in [0.3, 0.4) is 0 Å². The fourth-order valence-corrected chi connectivity index (χ4v) is 8.45. The van der Waals surface area contributed by atoms with E-state index in [9.17, 15) is 12.0 Å². The standard InChI is InChI=1S/C61H66N3O.Pt/c1-37(2)47-22-18-23-48(38(3)4)55(47)42-26-27-53(39(5)30-42)64-54-25-19-24-49(56(54)63-58(64)50-35-46(60(9,10)11)36-51(57(50)65)61(12,13)14)43-31-44(33-45(32-43)59(6,7)8)52-34-41(28-29-62-52)40-20-16-15-17-21-40;/h15-30,32-38,65H,1-14H3;/q-1;/i5D3,15D,16D,17D,20D,21D,28D,29D,34D,37D;. The first kappa shape index (κ1) is 34.7. The molecule has 0 saturated carbocycles. The van der Waals surface area contributed by atoms with Crippen LogP contribution in [-0.4, -0.2) is 19.6 Å². The van der Waals surface area contributed by atoms with Gasteiger partial charge < -0.3 is 5.11 Å². The van der Waals surface area contributed by atoms with Gasteiger partial charge in [0.05, 0.1) is 33.3 Å². The molecule has 0 bridgehead atoms. The van der Waals surface area contributed by atoms with Gasteiger partial charge in [0.25, 0.3) is 0 Å². The molecule has 0 unspecified atom stereocenters. The summed E-state index contributed by atoms with van der Waals surface area (Å²) in [5.74, 6) is -0.718. The zero-order valence-corrected chi connectivity index (χ0v) is 42.5. The average molecular weight is 1060 g/mol. The minimum Gasteiger partial charge on any atom is -0.507 e. The topological polar surface area (TPSA) is 50.9 Å². The van der Waals surface area contributed by atoms with Crippen LogP contribution in [0.25, 0.3) is 72.7 Å². The first-order valence-corrected chi connectivity index (χ1v) is 22.3. The molecule has 0 aliphatic carbocycles. The molecule has 8 rings (SSSR count). The molecular formula is C61H66N3OPt-. The maximum atomic E-state index is 12.6. The maximum Gasteiger partial charge on any atom is 0.148 e. The van der Waals surface area contributed by atoms with Gasteiger partial charge in [-0.3, -0.25) is 9.55 Å². The Morgan fingerprint density at radius 1 is 0.697 bits per heavy atom. The molecule has 0 fully saturated rings. The van der Waals surface area contributed by atoms with E-state index in [-0.39, 0.29) is 66.5 Å². The number of phenolic OH excluding ortho intramolecular Hbond substituents is 1. The van der Waals surface area contributed by atoms with Gasteiger partial charge in [-0.1, -0.05) is 180 Å². The van der Waals surface area contributed by atoms with Crippen LogP contribution in [0.5, 0.6) is 5.75 Å². The summed E-state index contributed by atoms with van der Waals surface area (Å²) < 4.78 is 108. The Bertz CT molecular complexity index is 3670. The Balaban J connectivity index is 0.00000882. The molecule has 0 aliphatic heterocycles. The van der Waals surface area contributed by atoms with Gasteiger partial charge in [0.1, 0.15) is 11.6 Å². The van der Waals surface area contributed by atoms with Crippen molar-refractivity contribution in [1.82, 2.24) is 14.5 Å². The van der Waals surface area contributed by atoms with Gasteiger partial charge >= 0.3 is 0 Å². The predicted octanol–water partition coefficient (Wildman–Crippen LogP) is 16.7. The van der Waals surface area contributed by atoms with E-state index in [1.54, 1.807) is 22.8 Å². The van der Waals surface area contributed by atoms with Crippen LogP contribution in [0, 0.1) is 12.9 Å². The number of pyridine rings is 1. The summed E-state index contributed by atoms with van der Waals surface area (Å²) in [6, 6.07) is 23.7. The van der Waals surface area contributed by atoms with Crippen LogP contribution < -0.4 is 0 Å². The molecule has 0 atom stereocenters. The number of nitrogens with zero attached hydrogens (tertiary/aromatic N) is 3. The second kappa shape index (κ2) is 18.3. The molecule has 4 nitrogen and oxygen atoms in total. The fraction of sp³-hybridized carbons (Fsp3) is 0.311. The van der Waals surface area contributed by atoms with Crippen molar-refractivity contribution in [3.8, 4) is 67.5 Å². The van der Waals surface area contributed by atoms with E-state index in [1.165, 1.54) is 0 Å². The SMILES string of the molecule is [2H]c1nc(-c2[c-]c(-c3cccc4c3nc(-c3cc(C(C)(C)C)cc(C(C)(C)C)c3O)n4-c3ccc(-c4c(C(C)C)cccc4C([2H])(C)C)cc3C([2H])([2H])[2H])cc(C(C)(C)C)c2)c([2H])c(-c2c([2H])c([2H])c([2H])c([2H])c2[2H])c1[2H].[Pt]. The largest absolute Gasteiger partial charge is 0.507 e. The molecular weight excluding hydrogens is 986 g/mol. The predicted molar refractivity (Wildman–Crippen MR) is 276 cm³/mol. The molecule has 2 heterocycles. The number of rotatable bonds is 8. The summed E-state index contributed by atoms with van der Waals surface area (Å²) >= 11 is 0. The second-order valence-corrected chi connectivity index (χ2v) is 20.7. The third-order valence-corrected chi connectivity index (χ3v) is 12.1. The first-order chi connectivity index (χ1) is 35.4. The molecule has 6 aromatic carbocycles. The average Bonchev–Trinajstić information content (AvgIpc) is 3.91. The second-order valence-electron chi connectivity index (χ2n) is 20.7. The van der Waals surface area contributed by atoms with E-state index >= 15 is 0 Å². The summed E-state index contributed by atoms with van der Waals surface area (Å²) in [4.78, 5) is 9.86. The molecule has 0 saturated heterocycles. The number of fused-ring (bicyclic) bond motifs is 1. The molecule has 2 aromatic heterocycles. The minimum atomic E-state index is -2.68. The van der Waals surface area contributed by atoms with E-state index < -0.39 is 77.5 Å². The van der Waals surface area contributed by atoms with Crippen LogP contribution in [0.1, 0.15) is 152 Å². The van der Waals surface area contributed by atoms with Crippen molar-refractivity contribution in [3.05, 3.63) is 167 Å². The quantitative estimate of drug-likeness (QED) is 0.154. The van der Waals surface area contributed by atoms with Crippen molar-refractivity contribution in [1.29, 1.82) is 0 Å². The Morgan fingerprint density at radius 3 is 2.02 bits per heavy atom. The number of aromatic hydroxyl groups is 1. The van der Waals surface area contributed by atoms with Crippen molar-refractivity contribution in [2.24, 2.45) is 0 Å². The molecule has 0 amide bonds. The van der Waals surface area contributed by atoms with Gasteiger partial charge in [-0.25, -0.2) is 4.98 Å². The van der Waals surface area contributed by atoms with Crippen molar-refractivity contribution in [2.45, 2.75) is 125 Å². The smallest absolute Gasteiger partial charge is 0.148 e. The Morgan fingerprint density at radius 2 is 1.36 bits per heavy atom. The number of phenols is 1. The van der Waals surface area contributed by atoms with Gasteiger partial charge in [-0.15, -0.1) is 29.3 Å². The summed E-state index contributed by atoms with van der Waals surface area (Å²) in [7, 11) is 0. The summed E-state index contributed by atoms with van der Waals surface area (Å²) in [6.07, 6.45) is -0.574. The summed E-state index contributed by atoms with van der Waals surface area (Å²) in [6.45, 7) is 23.5. The molecule has 0 spiro atoms. The molecule has 5 heteroatoms. The zero-order valence-electron chi connectivity index (χ0n) is 52.2. The maximum absolute atomic E-state index is 12.6.